The van der Waals surface area contributed by atoms with Crippen LogP contribution in [0.25, 0.3) is 0 Å². The maximum atomic E-state index is 5.90. The van der Waals surface area contributed by atoms with Gasteiger partial charge in [-0.3, -0.25) is 0 Å². The number of anilines is 2. The number of hydrogen-bond acceptors (Lipinski definition) is 5. The van der Waals surface area contributed by atoms with Gasteiger partial charge in [0.2, 0.25) is 5.95 Å². The van der Waals surface area contributed by atoms with E-state index < -0.39 is 0 Å². The zero-order valence-electron chi connectivity index (χ0n) is 13.0. The van der Waals surface area contributed by atoms with Crippen molar-refractivity contribution >= 4 is 11.8 Å². The minimum atomic E-state index is 0.403. The molecule has 5 nitrogen and oxygen atoms in total. The molecule has 2 heterocycles. The number of likely N-dealkylation sites (N-methyl/N-ethyl adjacent to an activating group) is 1. The Morgan fingerprint density at radius 1 is 1.25 bits per heavy atom. The van der Waals surface area contributed by atoms with Crippen molar-refractivity contribution in [1.29, 1.82) is 0 Å². The Balaban J connectivity index is 2.11. The highest BCUT2D eigenvalue weighted by Gasteiger charge is 2.18. The predicted octanol–water partition coefficient (Wildman–Crippen LogP) is 2.10. The molecule has 1 fully saturated rings. The summed E-state index contributed by atoms with van der Waals surface area (Å²) in [4.78, 5) is 13.5. The lowest BCUT2D eigenvalue weighted by Gasteiger charge is -2.33. The summed E-state index contributed by atoms with van der Waals surface area (Å²) in [7, 11) is 2.16. The molecule has 1 aliphatic rings. The van der Waals surface area contributed by atoms with Gasteiger partial charge in [0.25, 0.3) is 0 Å². The maximum absolute atomic E-state index is 5.90. The number of nitrogens with two attached hydrogens (primary N) is 1. The van der Waals surface area contributed by atoms with Crippen molar-refractivity contribution in [2.24, 2.45) is 0 Å². The van der Waals surface area contributed by atoms with Crippen molar-refractivity contribution < 1.29 is 0 Å². The maximum Gasteiger partial charge on any atom is 0.222 e. The zero-order chi connectivity index (χ0) is 14.5. The van der Waals surface area contributed by atoms with Gasteiger partial charge in [0, 0.05) is 32.2 Å². The normalized spacial score (nSPS) is 18.2. The lowest BCUT2D eigenvalue weighted by molar-refractivity contribution is 0.312. The minimum Gasteiger partial charge on any atom is -0.368 e. The van der Waals surface area contributed by atoms with E-state index in [1.165, 1.54) is 12.8 Å². The van der Waals surface area contributed by atoms with Crippen LogP contribution in [0.2, 0.25) is 0 Å². The molecule has 1 unspecified atom stereocenters. The fraction of sp³-hybridized carbons (Fsp3) is 0.733. The molecule has 2 N–H and O–H groups in total. The summed E-state index contributed by atoms with van der Waals surface area (Å²) < 4.78 is 0. The zero-order valence-corrected chi connectivity index (χ0v) is 13.0. The Morgan fingerprint density at radius 3 is 2.60 bits per heavy atom. The molecule has 0 bridgehead atoms. The summed E-state index contributed by atoms with van der Waals surface area (Å²) in [5.41, 5.74) is 6.98. The Hall–Kier alpha value is -1.36. The van der Waals surface area contributed by atoms with Gasteiger partial charge in [0.15, 0.2) is 0 Å². The molecule has 1 aromatic rings. The Kier molecular flexibility index (Phi) is 5.17. The lowest BCUT2D eigenvalue weighted by atomic mass is 10.0. The molecule has 0 radical (unpaired) electrons. The summed E-state index contributed by atoms with van der Waals surface area (Å²) in [6, 6.07) is 2.13. The van der Waals surface area contributed by atoms with Gasteiger partial charge in [-0.2, -0.15) is 4.98 Å². The summed E-state index contributed by atoms with van der Waals surface area (Å²) in [6.45, 7) is 8.61. The third-order valence-corrected chi connectivity index (χ3v) is 4.07. The smallest absolute Gasteiger partial charge is 0.222 e. The first-order valence-electron chi connectivity index (χ1n) is 7.68. The van der Waals surface area contributed by atoms with Crippen LogP contribution in [0.1, 0.15) is 44.7 Å². The van der Waals surface area contributed by atoms with Gasteiger partial charge >= 0.3 is 0 Å². The van der Waals surface area contributed by atoms with Crippen LogP contribution < -0.4 is 10.6 Å². The average Bonchev–Trinajstić information content (AvgIpc) is 2.44. The van der Waals surface area contributed by atoms with Gasteiger partial charge in [-0.1, -0.05) is 26.7 Å². The first kappa shape index (κ1) is 15.0. The SMILES string of the molecule is CCCCC(C)c1cc(N2CCN(C)CC2)nc(N)n1. The van der Waals surface area contributed by atoms with E-state index >= 15 is 0 Å². The second-order valence-corrected chi connectivity index (χ2v) is 5.84. The van der Waals surface area contributed by atoms with E-state index in [1.54, 1.807) is 0 Å². The van der Waals surface area contributed by atoms with Crippen LogP contribution in [-0.4, -0.2) is 48.1 Å². The van der Waals surface area contributed by atoms with Crippen LogP contribution in [0.3, 0.4) is 0 Å². The monoisotopic (exact) mass is 277 g/mol. The first-order valence-corrected chi connectivity index (χ1v) is 7.68. The third-order valence-electron chi connectivity index (χ3n) is 4.07. The summed E-state index contributed by atoms with van der Waals surface area (Å²) in [5.74, 6) is 1.84. The van der Waals surface area contributed by atoms with Crippen LogP contribution in [0, 0.1) is 0 Å². The van der Waals surface area contributed by atoms with Crippen LogP contribution in [-0.2, 0) is 0 Å². The molecule has 5 heteroatoms. The summed E-state index contributed by atoms with van der Waals surface area (Å²) in [5, 5.41) is 0. The molecule has 2 rings (SSSR count). The van der Waals surface area contributed by atoms with Crippen molar-refractivity contribution in [3.05, 3.63) is 11.8 Å². The third kappa shape index (κ3) is 3.82. The molecule has 112 valence electrons. The fourth-order valence-corrected chi connectivity index (χ4v) is 2.58. The number of rotatable bonds is 5. The predicted molar refractivity (Wildman–Crippen MR) is 84.1 cm³/mol. The largest absolute Gasteiger partial charge is 0.368 e. The molecule has 0 amide bonds. The molecule has 0 aliphatic carbocycles. The molecule has 0 spiro atoms. The van der Waals surface area contributed by atoms with Gasteiger partial charge < -0.3 is 15.5 Å². The number of piperazine rings is 1. The standard InChI is InChI=1S/C15H27N5/c1-4-5-6-12(2)13-11-14(18-15(16)17-13)20-9-7-19(3)8-10-20/h11-12H,4-10H2,1-3H3,(H2,16,17,18). The number of hydrogen-bond donors (Lipinski definition) is 1. The van der Waals surface area contributed by atoms with Crippen LogP contribution in [0.4, 0.5) is 11.8 Å². The van der Waals surface area contributed by atoms with Crippen molar-refractivity contribution in [3.63, 3.8) is 0 Å². The highest BCUT2D eigenvalue weighted by atomic mass is 15.3. The van der Waals surface area contributed by atoms with Gasteiger partial charge in [0.05, 0.1) is 5.69 Å². The Morgan fingerprint density at radius 2 is 1.95 bits per heavy atom. The topological polar surface area (TPSA) is 58.3 Å². The first-order chi connectivity index (χ1) is 9.60. The molecule has 1 aromatic heterocycles. The van der Waals surface area contributed by atoms with Crippen molar-refractivity contribution in [3.8, 4) is 0 Å². The second-order valence-electron chi connectivity index (χ2n) is 5.84. The van der Waals surface area contributed by atoms with Crippen molar-refractivity contribution in [1.82, 2.24) is 14.9 Å². The molecule has 0 saturated carbocycles. The van der Waals surface area contributed by atoms with E-state index in [9.17, 15) is 0 Å². The minimum absolute atomic E-state index is 0.403. The quantitative estimate of drug-likeness (QED) is 0.893. The molecule has 1 saturated heterocycles. The Bertz CT molecular complexity index is 426. The highest BCUT2D eigenvalue weighted by molar-refractivity contribution is 5.44. The lowest BCUT2D eigenvalue weighted by Crippen LogP contribution is -2.45. The van der Waals surface area contributed by atoms with Gasteiger partial charge in [-0.15, -0.1) is 0 Å². The average molecular weight is 277 g/mol. The summed E-state index contributed by atoms with van der Waals surface area (Å²) >= 11 is 0. The van der Waals surface area contributed by atoms with Gasteiger partial charge in [0.1, 0.15) is 5.82 Å². The van der Waals surface area contributed by atoms with Gasteiger partial charge in [-0.25, -0.2) is 4.98 Å². The van der Waals surface area contributed by atoms with Crippen LogP contribution >= 0.6 is 0 Å². The fourth-order valence-electron chi connectivity index (χ4n) is 2.58. The van der Waals surface area contributed by atoms with E-state index in [0.717, 1.165) is 44.1 Å². The van der Waals surface area contributed by atoms with Crippen molar-refractivity contribution in [2.75, 3.05) is 43.9 Å². The number of nitrogens with zero attached hydrogens (tertiary/aromatic N) is 4. The van der Waals surface area contributed by atoms with E-state index in [1.807, 2.05) is 0 Å². The summed E-state index contributed by atoms with van der Waals surface area (Å²) in [6.07, 6.45) is 3.61. The van der Waals surface area contributed by atoms with Crippen LogP contribution in [0.15, 0.2) is 6.07 Å². The molecular formula is C15H27N5. The second kappa shape index (κ2) is 6.88. The molecule has 20 heavy (non-hydrogen) atoms. The highest BCUT2D eigenvalue weighted by Crippen LogP contribution is 2.24. The van der Waals surface area contributed by atoms with Gasteiger partial charge in [-0.05, 0) is 19.4 Å². The van der Waals surface area contributed by atoms with Crippen LogP contribution in [0.5, 0.6) is 0 Å². The molecular weight excluding hydrogens is 250 g/mol. The van der Waals surface area contributed by atoms with E-state index in [0.29, 0.717) is 11.9 Å². The molecule has 1 atom stereocenters. The molecule has 0 aromatic carbocycles. The number of aromatic nitrogens is 2. The number of nitrogen functional groups attached to an aromatic ring is 1. The van der Waals surface area contributed by atoms with Crippen molar-refractivity contribution in [2.45, 2.75) is 39.0 Å². The molecule has 1 aliphatic heterocycles. The van der Waals surface area contributed by atoms with E-state index in [4.69, 9.17) is 5.73 Å². The number of unbranched alkanes of at least 4 members (excludes halogenated alkanes) is 1. The van der Waals surface area contributed by atoms with E-state index in [-0.39, 0.29) is 0 Å². The Labute approximate surface area is 122 Å². The van der Waals surface area contributed by atoms with E-state index in [2.05, 4.69) is 46.7 Å².